The molecule has 38 heavy (non-hydrogen) atoms. The van der Waals surface area contributed by atoms with Crippen molar-refractivity contribution in [1.29, 1.82) is 0 Å². The number of carbonyl (C=O) groups excluding carboxylic acids is 2. The zero-order valence-corrected chi connectivity index (χ0v) is 21.3. The molecule has 1 aromatic carbocycles. The van der Waals surface area contributed by atoms with Gasteiger partial charge in [-0.1, -0.05) is 13.0 Å². The lowest BCUT2D eigenvalue weighted by Crippen LogP contribution is -2.46. The average molecular weight is 513 g/mol. The number of fused-ring (bicyclic) bond motifs is 1. The Kier molecular flexibility index (Phi) is 5.28. The molecule has 3 aliphatic heterocycles. The third-order valence-electron chi connectivity index (χ3n) is 8.21. The minimum Gasteiger partial charge on any atom is -0.375 e. The Morgan fingerprint density at radius 1 is 1.11 bits per heavy atom. The number of hydrogen-bond donors (Lipinski definition) is 1. The molecule has 2 amide bonds. The van der Waals surface area contributed by atoms with Crippen molar-refractivity contribution >= 4 is 39.6 Å². The predicted octanol–water partition coefficient (Wildman–Crippen LogP) is 4.14. The number of halogens is 1. The van der Waals surface area contributed by atoms with E-state index >= 15 is 4.39 Å². The molecular weight excluding hydrogens is 483 g/mol. The highest BCUT2D eigenvalue weighted by molar-refractivity contribution is 6.33. The second-order valence-corrected chi connectivity index (χ2v) is 10.7. The number of benzene rings is 1. The molecule has 0 bridgehead atoms. The summed E-state index contributed by atoms with van der Waals surface area (Å²) >= 11 is 0. The third-order valence-corrected chi connectivity index (χ3v) is 8.21. The van der Waals surface area contributed by atoms with E-state index in [2.05, 4.69) is 21.8 Å². The lowest BCUT2D eigenvalue weighted by atomic mass is 9.98. The van der Waals surface area contributed by atoms with Crippen molar-refractivity contribution < 1.29 is 14.0 Å². The number of hydrogen-bond acceptors (Lipinski definition) is 4. The molecule has 0 unspecified atom stereocenters. The molecule has 1 N–H and O–H groups in total. The number of aromatic nitrogens is 3. The normalized spacial score (nSPS) is 18.5. The number of carbonyl (C=O) groups is 2. The van der Waals surface area contributed by atoms with Crippen LogP contribution in [0.4, 0.5) is 9.18 Å². The summed E-state index contributed by atoms with van der Waals surface area (Å²) < 4.78 is 19.1. The fourth-order valence-corrected chi connectivity index (χ4v) is 6.17. The summed E-state index contributed by atoms with van der Waals surface area (Å²) in [5.41, 5.74) is 5.18. The fourth-order valence-electron chi connectivity index (χ4n) is 6.17. The molecule has 9 heteroatoms. The lowest BCUT2D eigenvalue weighted by Gasteiger charge is -2.34. The Balaban J connectivity index is 1.32. The molecule has 0 aliphatic carbocycles. The van der Waals surface area contributed by atoms with E-state index in [1.807, 2.05) is 44.8 Å². The molecule has 0 spiro atoms. The van der Waals surface area contributed by atoms with Gasteiger partial charge in [0.05, 0.1) is 35.2 Å². The molecule has 1 saturated heterocycles. The summed E-state index contributed by atoms with van der Waals surface area (Å²) in [5.74, 6) is 0.227. The van der Waals surface area contributed by atoms with Crippen LogP contribution < -0.4 is 5.32 Å². The number of urea groups is 1. The second kappa shape index (κ2) is 8.72. The van der Waals surface area contributed by atoms with Crippen LogP contribution in [0, 0.1) is 11.7 Å². The van der Waals surface area contributed by atoms with Crippen molar-refractivity contribution in [3.63, 3.8) is 0 Å². The van der Waals surface area contributed by atoms with Crippen molar-refractivity contribution in [1.82, 2.24) is 29.1 Å². The summed E-state index contributed by atoms with van der Waals surface area (Å²) in [6.45, 7) is 5.37. The summed E-state index contributed by atoms with van der Waals surface area (Å²) in [6.07, 6.45) is 7.65. The molecule has 0 radical (unpaired) electrons. The highest BCUT2D eigenvalue weighted by Crippen LogP contribution is 2.38. The maximum absolute atomic E-state index is 15.1. The maximum Gasteiger partial charge on any atom is 0.320 e. The Morgan fingerprint density at radius 3 is 2.79 bits per heavy atom. The molecule has 7 rings (SSSR count). The van der Waals surface area contributed by atoms with E-state index in [4.69, 9.17) is 0 Å². The van der Waals surface area contributed by atoms with Gasteiger partial charge in [-0.25, -0.2) is 14.2 Å². The van der Waals surface area contributed by atoms with Gasteiger partial charge < -0.3 is 19.7 Å². The van der Waals surface area contributed by atoms with E-state index < -0.39 is 0 Å². The highest BCUT2D eigenvalue weighted by Gasteiger charge is 2.32. The molecule has 8 nitrogen and oxygen atoms in total. The van der Waals surface area contributed by atoms with E-state index in [1.165, 1.54) is 12.1 Å². The van der Waals surface area contributed by atoms with Gasteiger partial charge in [0.1, 0.15) is 11.5 Å². The van der Waals surface area contributed by atoms with Crippen LogP contribution in [0.15, 0.2) is 48.9 Å². The third kappa shape index (κ3) is 3.60. The van der Waals surface area contributed by atoms with E-state index in [-0.39, 0.29) is 24.2 Å². The van der Waals surface area contributed by atoms with Crippen molar-refractivity contribution in [2.45, 2.75) is 32.9 Å². The Bertz CT molecular complexity index is 1640. The first-order chi connectivity index (χ1) is 18.5. The number of imidazole rings is 1. The van der Waals surface area contributed by atoms with Crippen LogP contribution in [-0.2, 0) is 17.9 Å². The van der Waals surface area contributed by atoms with Crippen LogP contribution in [0.25, 0.3) is 27.8 Å². The summed E-state index contributed by atoms with van der Waals surface area (Å²) in [5, 5.41) is 3.96. The summed E-state index contributed by atoms with van der Waals surface area (Å²) in [6, 6.07) is 8.82. The maximum atomic E-state index is 15.1. The zero-order valence-electron chi connectivity index (χ0n) is 21.3. The van der Waals surface area contributed by atoms with Gasteiger partial charge in [0, 0.05) is 56.1 Å². The monoisotopic (exact) mass is 512 g/mol. The number of nitrogens with one attached hydrogen (secondary N) is 1. The van der Waals surface area contributed by atoms with Gasteiger partial charge in [0.15, 0.2) is 5.78 Å². The topological polar surface area (TPSA) is 74.9 Å². The van der Waals surface area contributed by atoms with Gasteiger partial charge >= 0.3 is 6.03 Å². The highest BCUT2D eigenvalue weighted by atomic mass is 19.1. The molecule has 194 valence electrons. The molecule has 1 fully saturated rings. The van der Waals surface area contributed by atoms with Crippen molar-refractivity contribution in [3.8, 4) is 0 Å². The van der Waals surface area contributed by atoms with Crippen LogP contribution in [0.5, 0.6) is 0 Å². The van der Waals surface area contributed by atoms with Crippen LogP contribution in [-0.4, -0.2) is 61.7 Å². The van der Waals surface area contributed by atoms with Crippen LogP contribution in [0.3, 0.4) is 0 Å². The minimum atomic E-state index is -0.372. The summed E-state index contributed by atoms with van der Waals surface area (Å²) in [7, 11) is 0. The molecule has 3 aliphatic rings. The van der Waals surface area contributed by atoms with Crippen molar-refractivity contribution in [3.05, 3.63) is 71.6 Å². The van der Waals surface area contributed by atoms with Gasteiger partial charge in [-0.2, -0.15) is 0 Å². The standard InChI is InChI=1S/C29H29FN6O2/c1-18-5-8-33(9-6-18)29(38)35-11-10-34-17-22(21-13-20(30)12-19(16-35)28(21)34)26-24(37)15-32-27(26)23-14-31-25-4-2-3-7-36(23)25/h2-4,7,12-14,17-18,32H,5-6,8-11,15-16H2,1H3. The van der Waals surface area contributed by atoms with Crippen LogP contribution in [0.2, 0.25) is 0 Å². The minimum absolute atomic E-state index is 0.0214. The molecule has 0 saturated carbocycles. The summed E-state index contributed by atoms with van der Waals surface area (Å²) in [4.78, 5) is 34.9. The molecule has 3 aromatic heterocycles. The number of amides is 2. The number of Topliss-reactive ketones (excluding diaryl/α,β-unsaturated/α-hetero) is 1. The first-order valence-corrected chi connectivity index (χ1v) is 13.3. The number of ketones is 1. The van der Waals surface area contributed by atoms with Crippen LogP contribution in [0.1, 0.15) is 36.6 Å². The average Bonchev–Trinajstić information content (AvgIpc) is 3.57. The van der Waals surface area contributed by atoms with Gasteiger partial charge in [-0.05, 0) is 48.6 Å². The number of rotatable bonds is 2. The number of piperidine rings is 1. The van der Waals surface area contributed by atoms with Crippen molar-refractivity contribution in [2.75, 3.05) is 26.2 Å². The molecule has 0 atom stereocenters. The predicted molar refractivity (Wildman–Crippen MR) is 143 cm³/mol. The first-order valence-electron chi connectivity index (χ1n) is 13.3. The molecule has 4 aromatic rings. The molecule has 6 heterocycles. The SMILES string of the molecule is CC1CCN(C(=O)N2CCn3cc(C4=C(c5cnc6ccccn56)NCC4=O)c4cc(F)cc(c43)C2)CC1. The Labute approximate surface area is 219 Å². The largest absolute Gasteiger partial charge is 0.375 e. The van der Waals surface area contributed by atoms with E-state index in [9.17, 15) is 9.59 Å². The van der Waals surface area contributed by atoms with Crippen molar-refractivity contribution in [2.24, 2.45) is 5.92 Å². The van der Waals surface area contributed by atoms with Crippen LogP contribution >= 0.6 is 0 Å². The van der Waals surface area contributed by atoms with Gasteiger partial charge in [0.25, 0.3) is 0 Å². The lowest BCUT2D eigenvalue weighted by molar-refractivity contribution is -0.112. The quantitative estimate of drug-likeness (QED) is 0.438. The van der Waals surface area contributed by atoms with E-state index in [0.29, 0.717) is 47.8 Å². The fraction of sp³-hybridized carbons (Fsp3) is 0.345. The smallest absolute Gasteiger partial charge is 0.320 e. The van der Waals surface area contributed by atoms with Gasteiger partial charge in [-0.15, -0.1) is 0 Å². The van der Waals surface area contributed by atoms with E-state index in [0.717, 1.165) is 48.4 Å². The van der Waals surface area contributed by atoms with Gasteiger partial charge in [0.2, 0.25) is 0 Å². The molecular formula is C29H29FN6O2. The van der Waals surface area contributed by atoms with E-state index in [1.54, 1.807) is 6.20 Å². The Hall–Kier alpha value is -4.14. The number of pyridine rings is 1. The number of nitrogens with zero attached hydrogens (tertiary/aromatic N) is 5. The second-order valence-electron chi connectivity index (χ2n) is 10.7. The zero-order chi connectivity index (χ0) is 26.0. The van der Waals surface area contributed by atoms with Gasteiger partial charge in [-0.3, -0.25) is 9.20 Å². The number of likely N-dealkylation sites (tertiary alicyclic amines) is 1. The Morgan fingerprint density at radius 2 is 1.95 bits per heavy atom. The first kappa shape index (κ1) is 23.0.